The third-order valence-electron chi connectivity index (χ3n) is 3.80. The number of nitrogens with zero attached hydrogens (tertiary/aromatic N) is 2. The lowest BCUT2D eigenvalue weighted by molar-refractivity contribution is 0.0695. The van der Waals surface area contributed by atoms with Gasteiger partial charge in [0, 0.05) is 26.2 Å². The number of benzene rings is 1. The first-order valence-corrected chi connectivity index (χ1v) is 9.86. The summed E-state index contributed by atoms with van der Waals surface area (Å²) in [6, 6.07) is 9.36. The van der Waals surface area contributed by atoms with Crippen molar-refractivity contribution in [3.8, 4) is 5.75 Å². The monoisotopic (exact) mass is 386 g/mol. The minimum atomic E-state index is -3.58. The molecule has 2 heterocycles. The van der Waals surface area contributed by atoms with Crippen LogP contribution in [-0.2, 0) is 10.0 Å². The lowest BCUT2D eigenvalue weighted by atomic mass is 10.1. The van der Waals surface area contributed by atoms with Crippen molar-refractivity contribution in [2.24, 2.45) is 0 Å². The molecule has 0 aliphatic carbocycles. The summed E-state index contributed by atoms with van der Waals surface area (Å²) in [5, 5.41) is 9.78. The summed E-state index contributed by atoms with van der Waals surface area (Å²) in [7, 11) is -3.58. The number of amides is 1. The van der Waals surface area contributed by atoms with E-state index in [2.05, 4.69) is 0 Å². The van der Waals surface area contributed by atoms with Gasteiger partial charge in [0.25, 0.3) is 15.9 Å². The Morgan fingerprint density at radius 1 is 1.08 bits per heavy atom. The number of thiophene rings is 1. The molecule has 1 aromatic heterocycles. The largest absolute Gasteiger partial charge is 0.507 e. The highest BCUT2D eigenvalue weighted by molar-refractivity contribution is 7.91. The molecular weight excluding hydrogens is 372 g/mol. The van der Waals surface area contributed by atoms with Crippen LogP contribution in [0.25, 0.3) is 0 Å². The zero-order chi connectivity index (χ0) is 17.3. The average Bonchev–Trinajstić information content (AvgIpc) is 3.02. The fraction of sp³-hybridized carbons (Fsp3) is 0.267. The molecule has 1 fully saturated rings. The maximum absolute atomic E-state index is 12.5. The van der Waals surface area contributed by atoms with Gasteiger partial charge in [-0.05, 0) is 24.3 Å². The summed E-state index contributed by atoms with van der Waals surface area (Å²) in [4.78, 5) is 14.0. The van der Waals surface area contributed by atoms with Crippen molar-refractivity contribution in [3.63, 3.8) is 0 Å². The van der Waals surface area contributed by atoms with E-state index < -0.39 is 10.0 Å². The molecule has 1 aliphatic heterocycles. The molecular formula is C15H15ClN2O4S2. The lowest BCUT2D eigenvalue weighted by Gasteiger charge is -2.33. The van der Waals surface area contributed by atoms with E-state index in [0.717, 1.165) is 11.3 Å². The zero-order valence-corrected chi connectivity index (χ0v) is 14.9. The predicted octanol–water partition coefficient (Wildman–Crippen LogP) is 2.25. The Kier molecular flexibility index (Phi) is 4.82. The van der Waals surface area contributed by atoms with Crippen LogP contribution < -0.4 is 0 Å². The molecule has 0 spiro atoms. The van der Waals surface area contributed by atoms with Crippen molar-refractivity contribution < 1.29 is 18.3 Å². The molecule has 128 valence electrons. The highest BCUT2D eigenvalue weighted by Gasteiger charge is 2.31. The van der Waals surface area contributed by atoms with Gasteiger partial charge >= 0.3 is 0 Å². The Balaban J connectivity index is 1.70. The van der Waals surface area contributed by atoms with Crippen molar-refractivity contribution in [2.75, 3.05) is 26.2 Å². The fourth-order valence-electron chi connectivity index (χ4n) is 2.52. The number of rotatable bonds is 3. The molecule has 0 atom stereocenters. The van der Waals surface area contributed by atoms with Crippen molar-refractivity contribution in [1.82, 2.24) is 9.21 Å². The van der Waals surface area contributed by atoms with Gasteiger partial charge in [-0.3, -0.25) is 4.79 Å². The first kappa shape index (κ1) is 17.2. The summed E-state index contributed by atoms with van der Waals surface area (Å²) in [5.41, 5.74) is 0.221. The molecule has 0 bridgehead atoms. The van der Waals surface area contributed by atoms with Crippen molar-refractivity contribution in [1.29, 1.82) is 0 Å². The molecule has 1 saturated heterocycles. The number of carbonyl (C=O) groups is 1. The number of hydrogen-bond acceptors (Lipinski definition) is 5. The van der Waals surface area contributed by atoms with Gasteiger partial charge in [-0.1, -0.05) is 23.7 Å². The van der Waals surface area contributed by atoms with Gasteiger partial charge in [0.15, 0.2) is 0 Å². The maximum Gasteiger partial charge on any atom is 0.257 e. The zero-order valence-electron chi connectivity index (χ0n) is 12.6. The minimum absolute atomic E-state index is 0.0780. The number of carbonyl (C=O) groups excluding carboxylic acids is 1. The van der Waals surface area contributed by atoms with Crippen LogP contribution >= 0.6 is 22.9 Å². The number of phenolic OH excluding ortho intramolecular Hbond substituents is 1. The average molecular weight is 387 g/mol. The second kappa shape index (κ2) is 6.72. The van der Waals surface area contributed by atoms with Crippen LogP contribution in [0.15, 0.2) is 40.6 Å². The molecule has 2 aromatic rings. The summed E-state index contributed by atoms with van der Waals surface area (Å²) in [5.74, 6) is -0.380. The summed E-state index contributed by atoms with van der Waals surface area (Å²) in [6.45, 7) is 0.950. The summed E-state index contributed by atoms with van der Waals surface area (Å²) >= 11 is 6.83. The highest BCUT2D eigenvalue weighted by atomic mass is 35.5. The normalized spacial score (nSPS) is 16.3. The van der Waals surface area contributed by atoms with Gasteiger partial charge in [0.2, 0.25) is 0 Å². The van der Waals surface area contributed by atoms with Crippen molar-refractivity contribution in [2.45, 2.75) is 4.21 Å². The van der Waals surface area contributed by atoms with E-state index in [9.17, 15) is 18.3 Å². The van der Waals surface area contributed by atoms with Crippen LogP contribution in [0.3, 0.4) is 0 Å². The first-order chi connectivity index (χ1) is 11.4. The van der Waals surface area contributed by atoms with E-state index in [1.807, 2.05) is 0 Å². The summed E-state index contributed by atoms with van der Waals surface area (Å²) < 4.78 is 27.0. The van der Waals surface area contributed by atoms with Crippen LogP contribution in [0.2, 0.25) is 4.34 Å². The number of aromatic hydroxyl groups is 1. The Bertz CT molecular complexity index is 858. The molecule has 0 unspecified atom stereocenters. The van der Waals surface area contributed by atoms with Gasteiger partial charge in [0.05, 0.1) is 9.90 Å². The standard InChI is InChI=1S/C15H15ClN2O4S2/c16-13-5-6-14(23-13)24(21,22)18-9-7-17(8-10-18)15(20)11-3-1-2-4-12(11)19/h1-6,19H,7-10H2. The van der Waals surface area contributed by atoms with Gasteiger partial charge in [-0.2, -0.15) is 4.31 Å². The van der Waals surface area contributed by atoms with Crippen LogP contribution in [0.5, 0.6) is 5.75 Å². The second-order valence-corrected chi connectivity index (χ2v) is 9.15. The van der Waals surface area contributed by atoms with Crippen molar-refractivity contribution in [3.05, 3.63) is 46.3 Å². The molecule has 1 amide bonds. The van der Waals surface area contributed by atoms with Crippen LogP contribution in [0.1, 0.15) is 10.4 Å². The molecule has 9 heteroatoms. The van der Waals surface area contributed by atoms with E-state index in [0.29, 0.717) is 4.34 Å². The minimum Gasteiger partial charge on any atom is -0.507 e. The van der Waals surface area contributed by atoms with Crippen molar-refractivity contribution >= 4 is 38.9 Å². The number of hydrogen-bond donors (Lipinski definition) is 1. The van der Waals surface area contributed by atoms with Gasteiger partial charge in [-0.15, -0.1) is 11.3 Å². The molecule has 1 aliphatic rings. The lowest BCUT2D eigenvalue weighted by Crippen LogP contribution is -2.50. The summed E-state index contributed by atoms with van der Waals surface area (Å²) in [6.07, 6.45) is 0. The SMILES string of the molecule is O=C(c1ccccc1O)N1CCN(S(=O)(=O)c2ccc(Cl)s2)CC1. The van der Waals surface area contributed by atoms with E-state index in [-0.39, 0.29) is 47.6 Å². The Morgan fingerprint density at radius 3 is 2.33 bits per heavy atom. The molecule has 1 N–H and O–H groups in total. The Morgan fingerprint density at radius 2 is 1.75 bits per heavy atom. The van der Waals surface area contributed by atoms with Gasteiger partial charge in [0.1, 0.15) is 9.96 Å². The van der Waals surface area contributed by atoms with E-state index in [1.54, 1.807) is 29.2 Å². The number of piperazine rings is 1. The van der Waals surface area contributed by atoms with E-state index in [4.69, 9.17) is 11.6 Å². The third-order valence-corrected chi connectivity index (χ3v) is 7.40. The fourth-order valence-corrected chi connectivity index (χ4v) is 5.58. The number of phenols is 1. The van der Waals surface area contributed by atoms with Gasteiger partial charge < -0.3 is 10.0 Å². The molecule has 0 saturated carbocycles. The smallest absolute Gasteiger partial charge is 0.257 e. The maximum atomic E-state index is 12.5. The molecule has 6 nitrogen and oxygen atoms in total. The number of sulfonamides is 1. The first-order valence-electron chi connectivity index (χ1n) is 7.22. The molecule has 0 radical (unpaired) electrons. The van der Waals surface area contributed by atoms with Gasteiger partial charge in [-0.25, -0.2) is 8.42 Å². The quantitative estimate of drug-likeness (QED) is 0.877. The number of para-hydroxylation sites is 1. The molecule has 24 heavy (non-hydrogen) atoms. The van der Waals surface area contributed by atoms with E-state index >= 15 is 0 Å². The number of halogens is 1. The van der Waals surface area contributed by atoms with Crippen LogP contribution in [0.4, 0.5) is 0 Å². The second-order valence-electron chi connectivity index (χ2n) is 5.27. The Hall–Kier alpha value is -1.61. The Labute approximate surface area is 148 Å². The predicted molar refractivity (Wildman–Crippen MR) is 92.1 cm³/mol. The van der Waals surface area contributed by atoms with E-state index in [1.165, 1.54) is 16.4 Å². The van der Waals surface area contributed by atoms with Crippen LogP contribution in [0, 0.1) is 0 Å². The molecule has 1 aromatic carbocycles. The topological polar surface area (TPSA) is 77.9 Å². The van der Waals surface area contributed by atoms with Crippen LogP contribution in [-0.4, -0.2) is 54.8 Å². The molecule has 3 rings (SSSR count). The highest BCUT2D eigenvalue weighted by Crippen LogP contribution is 2.29. The third kappa shape index (κ3) is 3.27.